The third kappa shape index (κ3) is 5.97. The third-order valence-electron chi connectivity index (χ3n) is 3.73. The highest BCUT2D eigenvalue weighted by molar-refractivity contribution is 9.10. The molecule has 3 rings (SSSR count). The Kier molecular flexibility index (Phi) is 6.89. The highest BCUT2D eigenvalue weighted by Gasteiger charge is 2.09. The third-order valence-corrected chi connectivity index (χ3v) is 5.17. The molecule has 0 spiro atoms. The van der Waals surface area contributed by atoms with Crippen LogP contribution >= 0.6 is 27.7 Å². The molecule has 0 aliphatic carbocycles. The average molecular weight is 460 g/mol. The van der Waals surface area contributed by atoms with Crippen molar-refractivity contribution in [3.8, 4) is 5.75 Å². The zero-order valence-corrected chi connectivity index (χ0v) is 17.5. The summed E-state index contributed by atoms with van der Waals surface area (Å²) in [5.74, 6) is 1.16. The number of methoxy groups -OCH3 is 1. The summed E-state index contributed by atoms with van der Waals surface area (Å²) in [6.45, 7) is 0. The molecule has 1 heterocycles. The Bertz CT molecular complexity index is 1040. The van der Waals surface area contributed by atoms with E-state index in [4.69, 9.17) is 4.74 Å². The van der Waals surface area contributed by atoms with E-state index in [1.54, 1.807) is 19.2 Å². The fourth-order valence-corrected chi connectivity index (χ4v) is 3.73. The maximum Gasteiger partial charge on any atom is 0.251 e. The number of hydrogen-bond donors (Lipinski definition) is 2. The summed E-state index contributed by atoms with van der Waals surface area (Å²) < 4.78 is 6.09. The number of halogens is 1. The van der Waals surface area contributed by atoms with Crippen molar-refractivity contribution in [1.82, 2.24) is 9.97 Å². The molecule has 0 aliphatic rings. The van der Waals surface area contributed by atoms with Crippen LogP contribution in [0.4, 0.5) is 5.69 Å². The van der Waals surface area contributed by atoms with Crippen LogP contribution < -0.4 is 15.6 Å². The Morgan fingerprint density at radius 2 is 2.04 bits per heavy atom. The van der Waals surface area contributed by atoms with Gasteiger partial charge in [0.1, 0.15) is 5.75 Å². The van der Waals surface area contributed by atoms with E-state index >= 15 is 0 Å². The van der Waals surface area contributed by atoms with Gasteiger partial charge in [-0.1, -0.05) is 45.9 Å². The van der Waals surface area contributed by atoms with Gasteiger partial charge in [-0.25, -0.2) is 4.98 Å². The lowest BCUT2D eigenvalue weighted by Crippen LogP contribution is -2.18. The fraction of sp³-hybridized carbons (Fsp3) is 0.150. The minimum absolute atomic E-state index is 0.0170. The Hall–Kier alpha value is -2.58. The van der Waals surface area contributed by atoms with E-state index in [-0.39, 0.29) is 17.9 Å². The molecule has 2 aromatic carbocycles. The number of anilines is 1. The molecule has 3 aromatic rings. The number of H-pyrrole nitrogens is 1. The number of benzene rings is 2. The van der Waals surface area contributed by atoms with Gasteiger partial charge < -0.3 is 15.0 Å². The molecule has 1 amide bonds. The molecule has 0 saturated carbocycles. The second kappa shape index (κ2) is 9.57. The first kappa shape index (κ1) is 20.2. The molecule has 144 valence electrons. The van der Waals surface area contributed by atoms with Crippen molar-refractivity contribution in [1.29, 1.82) is 0 Å². The minimum atomic E-state index is -0.284. The number of aromatic nitrogens is 2. The maximum atomic E-state index is 12.3. The predicted octanol–water partition coefficient (Wildman–Crippen LogP) is 4.01. The van der Waals surface area contributed by atoms with Gasteiger partial charge in [0, 0.05) is 22.0 Å². The monoisotopic (exact) mass is 459 g/mol. The summed E-state index contributed by atoms with van der Waals surface area (Å²) in [4.78, 5) is 31.3. The minimum Gasteiger partial charge on any atom is -0.497 e. The molecule has 8 heteroatoms. The van der Waals surface area contributed by atoms with Gasteiger partial charge in [0.2, 0.25) is 5.91 Å². The molecular formula is C20H18BrN3O3S. The number of ether oxygens (including phenoxy) is 1. The Balaban J connectivity index is 1.65. The largest absolute Gasteiger partial charge is 0.497 e. The number of rotatable bonds is 7. The molecule has 1 aromatic heterocycles. The Morgan fingerprint density at radius 1 is 1.21 bits per heavy atom. The molecule has 0 radical (unpaired) electrons. The van der Waals surface area contributed by atoms with Crippen LogP contribution in [0.25, 0.3) is 0 Å². The number of amides is 1. The van der Waals surface area contributed by atoms with Gasteiger partial charge in [-0.3, -0.25) is 9.59 Å². The second-order valence-corrected chi connectivity index (χ2v) is 7.80. The molecule has 0 saturated heterocycles. The summed E-state index contributed by atoms with van der Waals surface area (Å²) in [7, 11) is 1.62. The van der Waals surface area contributed by atoms with Crippen LogP contribution in [0.2, 0.25) is 0 Å². The van der Waals surface area contributed by atoms with Crippen molar-refractivity contribution in [2.24, 2.45) is 0 Å². The highest BCUT2D eigenvalue weighted by Crippen LogP contribution is 2.21. The van der Waals surface area contributed by atoms with Crippen LogP contribution in [0, 0.1) is 0 Å². The molecule has 0 aliphatic heterocycles. The van der Waals surface area contributed by atoms with E-state index in [0.717, 1.165) is 15.8 Å². The van der Waals surface area contributed by atoms with Crippen LogP contribution in [0.5, 0.6) is 5.75 Å². The topological polar surface area (TPSA) is 84.1 Å². The maximum absolute atomic E-state index is 12.3. The lowest BCUT2D eigenvalue weighted by Gasteiger charge is -2.07. The summed E-state index contributed by atoms with van der Waals surface area (Å²) in [5.41, 5.74) is 1.86. The fourth-order valence-electron chi connectivity index (χ4n) is 2.49. The number of carbonyl (C=O) groups excluding carboxylic acids is 1. The lowest BCUT2D eigenvalue weighted by molar-refractivity contribution is -0.115. The number of aromatic amines is 1. The Morgan fingerprint density at radius 3 is 2.82 bits per heavy atom. The van der Waals surface area contributed by atoms with E-state index in [9.17, 15) is 9.59 Å². The van der Waals surface area contributed by atoms with Crippen molar-refractivity contribution in [3.63, 3.8) is 0 Å². The zero-order valence-electron chi connectivity index (χ0n) is 15.1. The molecule has 0 atom stereocenters. The van der Waals surface area contributed by atoms with Gasteiger partial charge in [0.15, 0.2) is 5.16 Å². The van der Waals surface area contributed by atoms with Crippen molar-refractivity contribution < 1.29 is 9.53 Å². The van der Waals surface area contributed by atoms with Crippen molar-refractivity contribution in [3.05, 3.63) is 80.7 Å². The number of thioether (sulfide) groups is 1. The number of nitrogens with zero attached hydrogens (tertiary/aromatic N) is 1. The van der Waals surface area contributed by atoms with Gasteiger partial charge >= 0.3 is 0 Å². The van der Waals surface area contributed by atoms with Crippen LogP contribution in [0.3, 0.4) is 0 Å². The molecule has 0 fully saturated rings. The van der Waals surface area contributed by atoms with Crippen LogP contribution in [-0.4, -0.2) is 23.0 Å². The molecular weight excluding hydrogens is 442 g/mol. The Labute approximate surface area is 174 Å². The zero-order chi connectivity index (χ0) is 19.9. The predicted molar refractivity (Wildman–Crippen MR) is 114 cm³/mol. The molecule has 2 N–H and O–H groups in total. The van der Waals surface area contributed by atoms with Crippen LogP contribution in [0.1, 0.15) is 11.3 Å². The van der Waals surface area contributed by atoms with E-state index in [1.165, 1.54) is 17.8 Å². The van der Waals surface area contributed by atoms with Crippen molar-refractivity contribution in [2.75, 3.05) is 12.4 Å². The first-order valence-electron chi connectivity index (χ1n) is 8.43. The molecule has 0 bridgehead atoms. The van der Waals surface area contributed by atoms with Crippen LogP contribution in [0.15, 0.2) is 69.0 Å². The first-order chi connectivity index (χ1) is 13.5. The van der Waals surface area contributed by atoms with Gasteiger partial charge in [-0.05, 0) is 35.9 Å². The first-order valence-corrected chi connectivity index (χ1v) is 10.2. The second-order valence-electron chi connectivity index (χ2n) is 5.92. The van der Waals surface area contributed by atoms with Crippen LogP contribution in [-0.2, 0) is 17.0 Å². The number of hydrogen-bond acceptors (Lipinski definition) is 5. The summed E-state index contributed by atoms with van der Waals surface area (Å²) in [6, 6.07) is 16.3. The van der Waals surface area contributed by atoms with Gasteiger partial charge in [0.25, 0.3) is 5.56 Å². The normalized spacial score (nSPS) is 10.5. The van der Waals surface area contributed by atoms with Crippen molar-refractivity contribution >= 4 is 39.3 Å². The van der Waals surface area contributed by atoms with E-state index in [0.29, 0.717) is 22.3 Å². The molecule has 0 unspecified atom stereocenters. The van der Waals surface area contributed by atoms with E-state index in [2.05, 4.69) is 31.2 Å². The summed E-state index contributed by atoms with van der Waals surface area (Å²) in [6.07, 6.45) is 0.0170. The molecule has 28 heavy (non-hydrogen) atoms. The summed E-state index contributed by atoms with van der Waals surface area (Å²) in [5, 5.41) is 3.27. The van der Waals surface area contributed by atoms with E-state index < -0.39 is 0 Å². The van der Waals surface area contributed by atoms with Crippen molar-refractivity contribution in [2.45, 2.75) is 17.3 Å². The standard InChI is InChI=1S/C20H18BrN3O3S/c1-27-17-7-2-4-13(8-17)12-28-20-23-16(11-19(26)24-20)10-18(25)22-15-6-3-5-14(21)9-15/h2-9,11H,10,12H2,1H3,(H,22,25)(H,23,24,26). The molecule has 6 nitrogen and oxygen atoms in total. The van der Waals surface area contributed by atoms with Gasteiger partial charge in [0.05, 0.1) is 19.2 Å². The average Bonchev–Trinajstić information content (AvgIpc) is 2.66. The highest BCUT2D eigenvalue weighted by atomic mass is 79.9. The smallest absolute Gasteiger partial charge is 0.251 e. The number of carbonyl (C=O) groups is 1. The lowest BCUT2D eigenvalue weighted by atomic mass is 10.2. The SMILES string of the molecule is COc1cccc(CSc2nc(CC(=O)Nc3cccc(Br)c3)cc(=O)[nH]2)c1. The number of nitrogens with one attached hydrogen (secondary N) is 2. The van der Waals surface area contributed by atoms with Gasteiger partial charge in [-0.15, -0.1) is 0 Å². The quantitative estimate of drug-likeness (QED) is 0.411. The van der Waals surface area contributed by atoms with Gasteiger partial charge in [-0.2, -0.15) is 0 Å². The summed E-state index contributed by atoms with van der Waals surface area (Å²) >= 11 is 4.76. The van der Waals surface area contributed by atoms with E-state index in [1.807, 2.05) is 36.4 Å².